The first-order valence-electron chi connectivity index (χ1n) is 17.3. The maximum Gasteiger partial charge on any atom is 0.232 e. The number of amides is 1. The third-order valence-electron chi connectivity index (χ3n) is 11.9. The quantitative estimate of drug-likeness (QED) is 0.262. The molecule has 0 aromatic heterocycles. The van der Waals surface area contributed by atoms with Gasteiger partial charge in [-0.15, -0.1) is 0 Å². The minimum atomic E-state index is -0.965. The number of rotatable bonds is 8. The number of halogens is 1. The number of hydrogen-bond donors (Lipinski definition) is 1. The molecule has 8 heteroatoms. The minimum absolute atomic E-state index is 0.00431. The fourth-order valence-corrected chi connectivity index (χ4v) is 9.72. The van der Waals surface area contributed by atoms with Gasteiger partial charge in [0.2, 0.25) is 5.91 Å². The summed E-state index contributed by atoms with van der Waals surface area (Å²) in [6.45, 7) is 7.68. The van der Waals surface area contributed by atoms with Gasteiger partial charge in [-0.2, -0.15) is 0 Å². The first-order valence-corrected chi connectivity index (χ1v) is 17.6. The number of carbonyl (C=O) groups is 1. The van der Waals surface area contributed by atoms with Gasteiger partial charge in [-0.1, -0.05) is 42.3 Å². The van der Waals surface area contributed by atoms with Crippen LogP contribution in [0.3, 0.4) is 0 Å². The first kappa shape index (κ1) is 31.2. The zero-order valence-corrected chi connectivity index (χ0v) is 28.5. The second-order valence-electron chi connectivity index (χ2n) is 14.8. The van der Waals surface area contributed by atoms with Crippen molar-refractivity contribution in [1.29, 1.82) is 0 Å². The number of carbonyl (C=O) groups excluding carboxylic acids is 1. The minimum Gasteiger partial charge on any atom is -0.493 e. The zero-order chi connectivity index (χ0) is 32.7. The van der Waals surface area contributed by atoms with E-state index in [2.05, 4.69) is 4.90 Å². The molecule has 7 atom stereocenters. The number of benzene rings is 3. The van der Waals surface area contributed by atoms with Gasteiger partial charge in [0.15, 0.2) is 11.5 Å². The molecule has 0 bridgehead atoms. The highest BCUT2D eigenvalue weighted by atomic mass is 35.5. The van der Waals surface area contributed by atoms with Gasteiger partial charge in [0.25, 0.3) is 0 Å². The first-order chi connectivity index (χ1) is 22.6. The maximum absolute atomic E-state index is 14.0. The zero-order valence-electron chi connectivity index (χ0n) is 27.7. The van der Waals surface area contributed by atoms with Crippen molar-refractivity contribution in [3.63, 3.8) is 0 Å². The molecule has 3 aromatic rings. The number of likely N-dealkylation sites (tertiary alicyclic amines) is 1. The highest BCUT2D eigenvalue weighted by molar-refractivity contribution is 6.30. The van der Waals surface area contributed by atoms with E-state index in [-0.39, 0.29) is 35.9 Å². The van der Waals surface area contributed by atoms with Crippen molar-refractivity contribution in [2.24, 2.45) is 11.8 Å². The summed E-state index contributed by atoms with van der Waals surface area (Å²) in [5, 5.41) is 12.8. The van der Waals surface area contributed by atoms with E-state index >= 15 is 0 Å². The molecule has 5 aliphatic rings. The van der Waals surface area contributed by atoms with Crippen molar-refractivity contribution in [2.75, 3.05) is 25.2 Å². The molecular formula is C39H45ClN2O5. The van der Waals surface area contributed by atoms with Gasteiger partial charge < -0.3 is 24.2 Å². The van der Waals surface area contributed by atoms with E-state index in [1.807, 2.05) is 86.3 Å². The summed E-state index contributed by atoms with van der Waals surface area (Å²) in [6, 6.07) is 20.5. The van der Waals surface area contributed by atoms with Crippen LogP contribution >= 0.6 is 11.6 Å². The predicted molar refractivity (Wildman–Crippen MR) is 182 cm³/mol. The van der Waals surface area contributed by atoms with Gasteiger partial charge in [-0.3, -0.25) is 9.69 Å². The molecule has 2 aliphatic carbocycles. The Labute approximate surface area is 282 Å². The predicted octanol–water partition coefficient (Wildman–Crippen LogP) is 7.05. The Kier molecular flexibility index (Phi) is 7.64. The van der Waals surface area contributed by atoms with Crippen LogP contribution in [0.4, 0.5) is 5.69 Å². The molecule has 0 radical (unpaired) electrons. The summed E-state index contributed by atoms with van der Waals surface area (Å²) in [5.74, 6) is 2.10. The molecule has 1 N–H and O–H groups in total. The van der Waals surface area contributed by atoms with E-state index < -0.39 is 5.60 Å². The number of nitrogens with zero attached hydrogens (tertiary/aromatic N) is 2. The fourth-order valence-electron chi connectivity index (χ4n) is 9.60. The van der Waals surface area contributed by atoms with Gasteiger partial charge >= 0.3 is 0 Å². The molecule has 3 aromatic carbocycles. The van der Waals surface area contributed by atoms with Crippen LogP contribution in [0, 0.1) is 11.8 Å². The summed E-state index contributed by atoms with van der Waals surface area (Å²) in [4.78, 5) is 18.7. The van der Waals surface area contributed by atoms with Crippen molar-refractivity contribution in [1.82, 2.24) is 4.90 Å². The topological polar surface area (TPSA) is 71.2 Å². The SMILES string of the molecule is COc1cc2c(cc1OC(C)C)C(c1ccc(Cl)cc1)N(c1ccc(C(C)(O)C3CC4CCCC5N(C6COC6)C45C3)cc1)C(=O)C2. The van der Waals surface area contributed by atoms with E-state index in [0.29, 0.717) is 34.5 Å². The lowest BCUT2D eigenvalue weighted by atomic mass is 9.80. The number of aliphatic hydroxyl groups is 1. The van der Waals surface area contributed by atoms with Crippen LogP contribution in [-0.2, 0) is 21.6 Å². The summed E-state index contributed by atoms with van der Waals surface area (Å²) < 4.78 is 17.4. The Morgan fingerprint density at radius 2 is 1.79 bits per heavy atom. The molecule has 1 amide bonds. The largest absolute Gasteiger partial charge is 0.493 e. The normalized spacial score (nSPS) is 31.0. The highest BCUT2D eigenvalue weighted by Gasteiger charge is 2.73. The van der Waals surface area contributed by atoms with Crippen LogP contribution in [-0.4, -0.2) is 60.0 Å². The van der Waals surface area contributed by atoms with E-state index in [0.717, 1.165) is 54.0 Å². The Morgan fingerprint density at radius 3 is 2.45 bits per heavy atom. The van der Waals surface area contributed by atoms with Crippen molar-refractivity contribution >= 4 is 23.2 Å². The standard InChI is InChI=1S/C39H45ClN2O5/c1-23(2)47-34-19-32-25(16-33(34)45-4)17-36(43)41(37(32)24-8-12-29(40)13-9-24)30-14-10-26(11-15-30)38(3,44)28-18-27-6-5-7-35-39(27,20-28)42(35)31-21-46-22-31/h8-16,19,23,27-28,31,35,37,44H,5-7,17-18,20-22H2,1-4H3. The number of anilines is 1. The Bertz CT molecular complexity index is 1670. The molecule has 2 saturated carbocycles. The van der Waals surface area contributed by atoms with Crippen molar-refractivity contribution in [3.05, 3.63) is 87.9 Å². The lowest BCUT2D eigenvalue weighted by Crippen LogP contribution is -2.44. The average Bonchev–Trinajstić information content (AvgIpc) is 3.47. The van der Waals surface area contributed by atoms with Crippen molar-refractivity contribution in [3.8, 4) is 11.5 Å². The van der Waals surface area contributed by atoms with Crippen LogP contribution in [0.25, 0.3) is 0 Å². The van der Waals surface area contributed by atoms with Crippen LogP contribution in [0.2, 0.25) is 5.02 Å². The van der Waals surface area contributed by atoms with Crippen LogP contribution in [0.5, 0.6) is 11.5 Å². The molecular weight excluding hydrogens is 612 g/mol. The maximum atomic E-state index is 14.0. The number of fused-ring (bicyclic) bond motifs is 1. The summed E-state index contributed by atoms with van der Waals surface area (Å²) in [7, 11) is 1.63. The average molecular weight is 657 g/mol. The summed E-state index contributed by atoms with van der Waals surface area (Å²) in [5.41, 5.74) is 3.85. The van der Waals surface area contributed by atoms with Gasteiger partial charge in [0.1, 0.15) is 0 Å². The molecule has 1 spiro atoms. The van der Waals surface area contributed by atoms with E-state index in [1.54, 1.807) is 7.11 Å². The Hall–Kier alpha value is -3.10. The fraction of sp³-hybridized carbons (Fsp3) is 0.513. The van der Waals surface area contributed by atoms with E-state index in [1.165, 1.54) is 19.3 Å². The third-order valence-corrected chi connectivity index (χ3v) is 12.1. The smallest absolute Gasteiger partial charge is 0.232 e. The van der Waals surface area contributed by atoms with Crippen LogP contribution in [0.15, 0.2) is 60.7 Å². The van der Waals surface area contributed by atoms with Gasteiger partial charge in [-0.25, -0.2) is 0 Å². The van der Waals surface area contributed by atoms with Crippen molar-refractivity contribution < 1.29 is 24.1 Å². The summed E-state index contributed by atoms with van der Waals surface area (Å²) >= 11 is 6.30. The molecule has 47 heavy (non-hydrogen) atoms. The highest BCUT2D eigenvalue weighted by Crippen LogP contribution is 2.66. The lowest BCUT2D eigenvalue weighted by molar-refractivity contribution is -0.118. The summed E-state index contributed by atoms with van der Waals surface area (Å²) in [6.07, 6.45) is 6.11. The monoisotopic (exact) mass is 656 g/mol. The van der Waals surface area contributed by atoms with Gasteiger partial charge in [0, 0.05) is 22.3 Å². The van der Waals surface area contributed by atoms with E-state index in [9.17, 15) is 9.90 Å². The molecule has 2 saturated heterocycles. The molecule has 248 valence electrons. The molecule has 4 fully saturated rings. The Balaban J connectivity index is 1.11. The van der Waals surface area contributed by atoms with Crippen molar-refractivity contribution in [2.45, 2.75) is 94.7 Å². The van der Waals surface area contributed by atoms with E-state index in [4.69, 9.17) is 25.8 Å². The lowest BCUT2D eigenvalue weighted by Gasteiger charge is -2.38. The van der Waals surface area contributed by atoms with Crippen LogP contribution < -0.4 is 14.4 Å². The van der Waals surface area contributed by atoms with Gasteiger partial charge in [-0.05, 0) is 117 Å². The molecule has 3 aliphatic heterocycles. The Morgan fingerprint density at radius 1 is 1.04 bits per heavy atom. The number of methoxy groups -OCH3 is 1. The van der Waals surface area contributed by atoms with Gasteiger partial charge in [0.05, 0.1) is 50.5 Å². The molecule has 7 nitrogen and oxygen atoms in total. The number of hydrogen-bond acceptors (Lipinski definition) is 6. The number of ether oxygens (including phenoxy) is 3. The second-order valence-corrected chi connectivity index (χ2v) is 15.3. The van der Waals surface area contributed by atoms with Crippen LogP contribution in [0.1, 0.15) is 81.2 Å². The third kappa shape index (κ3) is 4.99. The molecule has 7 unspecified atom stereocenters. The molecule has 3 heterocycles. The molecule has 8 rings (SSSR count). The second kappa shape index (κ2) is 11.5.